The molecule has 8 nitrogen and oxygen atoms in total. The molecule has 0 atom stereocenters. The lowest BCUT2D eigenvalue weighted by atomic mass is 9.87. The van der Waals surface area contributed by atoms with Crippen molar-refractivity contribution in [1.82, 2.24) is 19.7 Å². The maximum Gasteiger partial charge on any atom is 0.331 e. The van der Waals surface area contributed by atoms with Gasteiger partial charge in [0.2, 0.25) is 5.88 Å². The summed E-state index contributed by atoms with van der Waals surface area (Å²) in [7, 11) is 0. The number of pyridine rings is 1. The van der Waals surface area contributed by atoms with Gasteiger partial charge in [0, 0.05) is 38.3 Å². The molecule has 1 aliphatic heterocycles. The molecule has 8 heteroatoms. The van der Waals surface area contributed by atoms with Crippen LogP contribution in [0.3, 0.4) is 0 Å². The molecule has 0 bridgehead atoms. The Labute approximate surface area is 151 Å². The van der Waals surface area contributed by atoms with Crippen LogP contribution in [0.1, 0.15) is 35.7 Å². The van der Waals surface area contributed by atoms with Gasteiger partial charge in [-0.1, -0.05) is 0 Å². The first-order valence-electron chi connectivity index (χ1n) is 8.60. The summed E-state index contributed by atoms with van der Waals surface area (Å²) in [5, 5.41) is 14.0. The predicted octanol–water partition coefficient (Wildman–Crippen LogP) is 1.70. The minimum absolute atomic E-state index is 0.197. The van der Waals surface area contributed by atoms with Crippen LogP contribution in [0.4, 0.5) is 0 Å². The summed E-state index contributed by atoms with van der Waals surface area (Å²) in [6.45, 7) is 4.76. The number of aliphatic carboxylic acids is 1. The highest BCUT2D eigenvalue weighted by atomic mass is 16.5. The molecule has 2 aromatic rings. The summed E-state index contributed by atoms with van der Waals surface area (Å²) < 4.78 is 6.95. The first-order valence-corrected chi connectivity index (χ1v) is 8.60. The highest BCUT2D eigenvalue weighted by molar-refractivity contribution is 5.96. The molecule has 1 amide bonds. The number of aromatic nitrogens is 3. The molecular weight excluding hydrogens is 336 g/mol. The number of hydrogen-bond donors (Lipinski definition) is 1. The molecule has 0 radical (unpaired) electrons. The molecule has 3 rings (SSSR count). The largest absolute Gasteiger partial charge is 0.479 e. The maximum absolute atomic E-state index is 12.9. The Morgan fingerprint density at radius 3 is 2.65 bits per heavy atom. The highest BCUT2D eigenvalue weighted by Gasteiger charge is 2.45. The second kappa shape index (κ2) is 7.15. The van der Waals surface area contributed by atoms with E-state index in [-0.39, 0.29) is 5.91 Å². The number of carboxylic acid groups (broad SMARTS) is 1. The number of nitrogens with zero attached hydrogens (tertiary/aromatic N) is 4. The number of likely N-dealkylation sites (tertiary alicyclic amines) is 1. The summed E-state index contributed by atoms with van der Waals surface area (Å²) in [4.78, 5) is 30.6. The fourth-order valence-electron chi connectivity index (χ4n) is 3.24. The van der Waals surface area contributed by atoms with Crippen LogP contribution in [0.25, 0.3) is 0 Å². The molecule has 0 unspecified atom stereocenters. The second-order valence-electron chi connectivity index (χ2n) is 6.38. The molecule has 1 aliphatic rings. The smallest absolute Gasteiger partial charge is 0.331 e. The first-order chi connectivity index (χ1) is 12.5. The van der Waals surface area contributed by atoms with E-state index in [1.54, 1.807) is 35.6 Å². The van der Waals surface area contributed by atoms with E-state index >= 15 is 0 Å². The quantitative estimate of drug-likeness (QED) is 0.874. The molecule has 0 aliphatic carbocycles. The molecular formula is C18H22N4O4. The van der Waals surface area contributed by atoms with Crippen molar-refractivity contribution in [3.63, 3.8) is 0 Å². The van der Waals surface area contributed by atoms with E-state index in [9.17, 15) is 14.7 Å². The van der Waals surface area contributed by atoms with E-state index in [0.717, 1.165) is 5.56 Å². The molecule has 1 N–H and O–H groups in total. The van der Waals surface area contributed by atoms with Gasteiger partial charge in [-0.2, -0.15) is 5.10 Å². The van der Waals surface area contributed by atoms with Gasteiger partial charge >= 0.3 is 5.97 Å². The Morgan fingerprint density at radius 2 is 2.08 bits per heavy atom. The maximum atomic E-state index is 12.9. The van der Waals surface area contributed by atoms with Crippen molar-refractivity contribution in [2.75, 3.05) is 19.7 Å². The van der Waals surface area contributed by atoms with Crippen LogP contribution >= 0.6 is 0 Å². The highest BCUT2D eigenvalue weighted by Crippen LogP contribution is 2.31. The van der Waals surface area contributed by atoms with Crippen molar-refractivity contribution in [1.29, 1.82) is 0 Å². The van der Waals surface area contributed by atoms with Crippen LogP contribution in [0.5, 0.6) is 5.88 Å². The predicted molar refractivity (Wildman–Crippen MR) is 93.1 cm³/mol. The summed E-state index contributed by atoms with van der Waals surface area (Å²) in [5.41, 5.74) is 0.177. The number of amides is 1. The number of hydrogen-bond acceptors (Lipinski definition) is 5. The molecule has 2 aromatic heterocycles. The zero-order valence-electron chi connectivity index (χ0n) is 14.9. The van der Waals surface area contributed by atoms with Crippen molar-refractivity contribution in [2.45, 2.75) is 32.2 Å². The SMILES string of the molecule is CCOc1ncccc1C(=O)N1CCC(C(=O)O)(n2cc(C)cn2)CC1. The third-order valence-corrected chi connectivity index (χ3v) is 4.71. The standard InChI is InChI=1S/C18H22N4O4/c1-3-26-15-14(5-4-8-19-15)16(23)21-9-6-18(7-10-21,17(24)25)22-12-13(2)11-20-22/h4-5,8,11-12H,3,6-7,9-10H2,1-2H3,(H,24,25). The lowest BCUT2D eigenvalue weighted by Gasteiger charge is -2.39. The average molecular weight is 358 g/mol. The number of rotatable bonds is 5. The van der Waals surface area contributed by atoms with Gasteiger partial charge in [0.05, 0.1) is 12.8 Å². The number of carboxylic acids is 1. The number of piperidine rings is 1. The Kier molecular flexibility index (Phi) is 4.92. The molecule has 0 saturated carbocycles. The van der Waals surface area contributed by atoms with E-state index in [4.69, 9.17) is 4.74 Å². The molecule has 1 saturated heterocycles. The van der Waals surface area contributed by atoms with Crippen LogP contribution in [-0.4, -0.2) is 56.3 Å². The average Bonchev–Trinajstić information content (AvgIpc) is 3.08. The normalized spacial score (nSPS) is 16.3. The van der Waals surface area contributed by atoms with Gasteiger partial charge in [0.1, 0.15) is 5.56 Å². The Bertz CT molecular complexity index is 809. The summed E-state index contributed by atoms with van der Waals surface area (Å²) >= 11 is 0. The zero-order chi connectivity index (χ0) is 18.7. The summed E-state index contributed by atoms with van der Waals surface area (Å²) in [5.74, 6) is -0.820. The van der Waals surface area contributed by atoms with Gasteiger partial charge in [-0.3, -0.25) is 9.48 Å². The Morgan fingerprint density at radius 1 is 1.35 bits per heavy atom. The number of aryl methyl sites for hydroxylation is 1. The van der Waals surface area contributed by atoms with Gasteiger partial charge in [0.25, 0.3) is 5.91 Å². The van der Waals surface area contributed by atoms with Crippen molar-refractivity contribution in [3.8, 4) is 5.88 Å². The van der Waals surface area contributed by atoms with Crippen LogP contribution in [0, 0.1) is 6.92 Å². The first kappa shape index (κ1) is 17.9. The van der Waals surface area contributed by atoms with E-state index in [0.29, 0.717) is 44.0 Å². The van der Waals surface area contributed by atoms with Crippen molar-refractivity contribution in [3.05, 3.63) is 41.9 Å². The summed E-state index contributed by atoms with van der Waals surface area (Å²) in [6, 6.07) is 3.37. The molecule has 0 spiro atoms. The molecule has 26 heavy (non-hydrogen) atoms. The number of carbonyl (C=O) groups excluding carboxylic acids is 1. The second-order valence-corrected chi connectivity index (χ2v) is 6.38. The van der Waals surface area contributed by atoms with Gasteiger partial charge in [-0.15, -0.1) is 0 Å². The monoisotopic (exact) mass is 358 g/mol. The van der Waals surface area contributed by atoms with E-state index in [1.807, 2.05) is 13.8 Å². The minimum Gasteiger partial charge on any atom is -0.479 e. The fraction of sp³-hybridized carbons (Fsp3) is 0.444. The van der Waals surface area contributed by atoms with Crippen LogP contribution < -0.4 is 4.74 Å². The van der Waals surface area contributed by atoms with Crippen molar-refractivity contribution < 1.29 is 19.4 Å². The number of ether oxygens (including phenoxy) is 1. The lowest BCUT2D eigenvalue weighted by molar-refractivity contribution is -0.150. The van der Waals surface area contributed by atoms with Crippen molar-refractivity contribution >= 4 is 11.9 Å². The Hall–Kier alpha value is -2.90. The summed E-state index contributed by atoms with van der Waals surface area (Å²) in [6.07, 6.45) is 5.54. The zero-order valence-corrected chi connectivity index (χ0v) is 14.9. The number of carbonyl (C=O) groups is 2. The van der Waals surface area contributed by atoms with E-state index < -0.39 is 11.5 Å². The molecule has 3 heterocycles. The fourth-order valence-corrected chi connectivity index (χ4v) is 3.24. The van der Waals surface area contributed by atoms with Crippen molar-refractivity contribution in [2.24, 2.45) is 0 Å². The van der Waals surface area contributed by atoms with Crippen LogP contribution in [0.2, 0.25) is 0 Å². The minimum atomic E-state index is -1.12. The third kappa shape index (κ3) is 3.14. The molecule has 1 fully saturated rings. The van der Waals surface area contributed by atoms with Crippen LogP contribution in [-0.2, 0) is 10.3 Å². The molecule has 0 aromatic carbocycles. The third-order valence-electron chi connectivity index (χ3n) is 4.71. The molecule has 138 valence electrons. The van der Waals surface area contributed by atoms with Gasteiger partial charge < -0.3 is 14.7 Å². The topological polar surface area (TPSA) is 97.5 Å². The Balaban J connectivity index is 1.79. The van der Waals surface area contributed by atoms with Gasteiger partial charge in [0.15, 0.2) is 5.54 Å². The lowest BCUT2D eigenvalue weighted by Crippen LogP contribution is -2.52. The van der Waals surface area contributed by atoms with E-state index in [2.05, 4.69) is 10.1 Å². The van der Waals surface area contributed by atoms with E-state index in [1.165, 1.54) is 4.68 Å². The van der Waals surface area contributed by atoms with Gasteiger partial charge in [-0.25, -0.2) is 9.78 Å². The van der Waals surface area contributed by atoms with Crippen LogP contribution in [0.15, 0.2) is 30.7 Å². The van der Waals surface area contributed by atoms with Gasteiger partial charge in [-0.05, 0) is 31.5 Å².